The second kappa shape index (κ2) is 7.30. The summed E-state index contributed by atoms with van der Waals surface area (Å²) in [5.74, 6) is 0.889. The van der Waals surface area contributed by atoms with Crippen molar-refractivity contribution in [3.63, 3.8) is 0 Å². The smallest absolute Gasteiger partial charge is 0.191 e. The molecule has 0 N–H and O–H groups in total. The second-order valence-corrected chi connectivity index (χ2v) is 3.92. The summed E-state index contributed by atoms with van der Waals surface area (Å²) in [6.07, 6.45) is -0.286. The average molecular weight is 238 g/mol. The maximum Gasteiger partial charge on any atom is 0.191 e. The van der Waals surface area contributed by atoms with Gasteiger partial charge in [-0.3, -0.25) is 0 Å². The summed E-state index contributed by atoms with van der Waals surface area (Å²) in [5.41, 5.74) is 2.37. The zero-order chi connectivity index (χ0) is 12.7. The summed E-state index contributed by atoms with van der Waals surface area (Å²) in [7, 11) is 0. The first-order valence-electron chi connectivity index (χ1n) is 6.10. The van der Waals surface area contributed by atoms with Gasteiger partial charge in [0.1, 0.15) is 12.4 Å². The van der Waals surface area contributed by atoms with E-state index in [2.05, 4.69) is 13.0 Å². The van der Waals surface area contributed by atoms with Crippen LogP contribution in [0, 0.1) is 13.8 Å². The highest BCUT2D eigenvalue weighted by Crippen LogP contribution is 2.19. The molecule has 0 aromatic heterocycles. The summed E-state index contributed by atoms with van der Waals surface area (Å²) >= 11 is 0. The van der Waals surface area contributed by atoms with E-state index in [0.29, 0.717) is 19.8 Å². The van der Waals surface area contributed by atoms with E-state index >= 15 is 0 Å². The Labute approximate surface area is 104 Å². The number of aryl methyl sites for hydroxylation is 2. The summed E-state index contributed by atoms with van der Waals surface area (Å²) in [6.45, 7) is 9.68. The van der Waals surface area contributed by atoms with Gasteiger partial charge in [-0.2, -0.15) is 0 Å². The lowest BCUT2D eigenvalue weighted by Gasteiger charge is -2.18. The van der Waals surface area contributed by atoms with Crippen LogP contribution in [0.5, 0.6) is 5.75 Å². The third kappa shape index (κ3) is 4.75. The Morgan fingerprint density at radius 1 is 1.06 bits per heavy atom. The molecule has 1 aromatic rings. The van der Waals surface area contributed by atoms with Gasteiger partial charge in [0, 0.05) is 13.2 Å². The van der Waals surface area contributed by atoms with Crippen LogP contribution in [0.25, 0.3) is 0 Å². The van der Waals surface area contributed by atoms with Gasteiger partial charge in [0.2, 0.25) is 0 Å². The Morgan fingerprint density at radius 2 is 1.71 bits per heavy atom. The van der Waals surface area contributed by atoms with E-state index in [9.17, 15) is 0 Å². The highest BCUT2D eigenvalue weighted by atomic mass is 16.7. The third-order valence-electron chi connectivity index (χ3n) is 2.41. The molecule has 0 fully saturated rings. The van der Waals surface area contributed by atoms with E-state index < -0.39 is 0 Å². The normalized spacial score (nSPS) is 10.9. The first-order valence-corrected chi connectivity index (χ1v) is 6.10. The van der Waals surface area contributed by atoms with Crippen molar-refractivity contribution >= 4 is 0 Å². The zero-order valence-corrected chi connectivity index (χ0v) is 11.2. The number of ether oxygens (including phenoxy) is 3. The van der Waals surface area contributed by atoms with Crippen molar-refractivity contribution in [1.29, 1.82) is 0 Å². The fourth-order valence-corrected chi connectivity index (χ4v) is 1.64. The minimum atomic E-state index is -0.286. The van der Waals surface area contributed by atoms with Gasteiger partial charge in [0.25, 0.3) is 0 Å². The number of rotatable bonds is 7. The molecule has 1 aromatic carbocycles. The lowest BCUT2D eigenvalue weighted by Crippen LogP contribution is -2.25. The molecule has 0 atom stereocenters. The molecule has 0 saturated heterocycles. The average Bonchev–Trinajstić information content (AvgIpc) is 2.28. The summed E-state index contributed by atoms with van der Waals surface area (Å²) in [5, 5.41) is 0. The summed E-state index contributed by atoms with van der Waals surface area (Å²) in [6, 6.07) is 6.13. The van der Waals surface area contributed by atoms with E-state index in [1.165, 1.54) is 5.56 Å². The first-order chi connectivity index (χ1) is 8.17. The molecule has 17 heavy (non-hydrogen) atoms. The molecule has 0 bridgehead atoms. The van der Waals surface area contributed by atoms with Gasteiger partial charge in [0.05, 0.1) is 0 Å². The van der Waals surface area contributed by atoms with Crippen LogP contribution < -0.4 is 4.74 Å². The van der Waals surface area contributed by atoms with Crippen molar-refractivity contribution in [3.05, 3.63) is 29.3 Å². The maximum atomic E-state index is 5.71. The van der Waals surface area contributed by atoms with Gasteiger partial charge in [-0.05, 0) is 39.3 Å². The minimum absolute atomic E-state index is 0.286. The quantitative estimate of drug-likeness (QED) is 0.683. The molecule has 0 spiro atoms. The Morgan fingerprint density at radius 3 is 2.24 bits per heavy atom. The van der Waals surface area contributed by atoms with Crippen molar-refractivity contribution in [3.8, 4) is 5.75 Å². The summed E-state index contributed by atoms with van der Waals surface area (Å²) < 4.78 is 16.5. The fraction of sp³-hybridized carbons (Fsp3) is 0.571. The van der Waals surface area contributed by atoms with Crippen LogP contribution in [0.3, 0.4) is 0 Å². The monoisotopic (exact) mass is 238 g/mol. The molecule has 0 heterocycles. The van der Waals surface area contributed by atoms with Gasteiger partial charge in [-0.15, -0.1) is 0 Å². The van der Waals surface area contributed by atoms with Gasteiger partial charge in [-0.25, -0.2) is 0 Å². The van der Waals surface area contributed by atoms with E-state index in [1.807, 2.05) is 32.9 Å². The Balaban J connectivity index is 2.52. The van der Waals surface area contributed by atoms with E-state index in [-0.39, 0.29) is 6.29 Å². The predicted molar refractivity (Wildman–Crippen MR) is 68.5 cm³/mol. The fourth-order valence-electron chi connectivity index (χ4n) is 1.64. The number of hydrogen-bond donors (Lipinski definition) is 0. The van der Waals surface area contributed by atoms with Crippen LogP contribution in [-0.4, -0.2) is 26.1 Å². The molecule has 0 aliphatic carbocycles. The van der Waals surface area contributed by atoms with Crippen LogP contribution in [0.15, 0.2) is 18.2 Å². The standard InChI is InChI=1S/C14H22O3/c1-5-15-14(16-6-2)10-17-13-8-7-11(3)9-12(13)4/h7-9,14H,5-6,10H2,1-4H3. The number of hydrogen-bond acceptors (Lipinski definition) is 3. The topological polar surface area (TPSA) is 27.7 Å². The zero-order valence-electron chi connectivity index (χ0n) is 11.2. The first kappa shape index (κ1) is 14.0. The predicted octanol–water partition coefficient (Wildman–Crippen LogP) is 3.08. The molecular weight excluding hydrogens is 216 g/mol. The van der Waals surface area contributed by atoms with Crippen LogP contribution in [0.1, 0.15) is 25.0 Å². The minimum Gasteiger partial charge on any atom is -0.488 e. The molecule has 0 aliphatic heterocycles. The molecular formula is C14H22O3. The molecule has 0 radical (unpaired) electrons. The molecule has 0 unspecified atom stereocenters. The lowest BCUT2D eigenvalue weighted by molar-refractivity contribution is -0.152. The molecule has 0 amide bonds. The van der Waals surface area contributed by atoms with Gasteiger partial charge in [0.15, 0.2) is 6.29 Å². The molecule has 0 saturated carbocycles. The molecule has 0 aliphatic rings. The highest BCUT2D eigenvalue weighted by Gasteiger charge is 2.09. The van der Waals surface area contributed by atoms with Crippen LogP contribution in [0.4, 0.5) is 0 Å². The molecule has 3 heteroatoms. The van der Waals surface area contributed by atoms with Gasteiger partial charge < -0.3 is 14.2 Å². The SMILES string of the molecule is CCOC(COc1ccc(C)cc1C)OCC. The van der Waals surface area contributed by atoms with Crippen LogP contribution in [-0.2, 0) is 9.47 Å². The Kier molecular flexibility index (Phi) is 6.01. The van der Waals surface area contributed by atoms with Crippen LogP contribution in [0.2, 0.25) is 0 Å². The molecule has 3 nitrogen and oxygen atoms in total. The lowest BCUT2D eigenvalue weighted by atomic mass is 10.1. The van der Waals surface area contributed by atoms with Crippen molar-refractivity contribution in [2.75, 3.05) is 19.8 Å². The van der Waals surface area contributed by atoms with Crippen LogP contribution >= 0.6 is 0 Å². The highest BCUT2D eigenvalue weighted by molar-refractivity contribution is 5.35. The third-order valence-corrected chi connectivity index (χ3v) is 2.41. The Bertz CT molecular complexity index is 330. The summed E-state index contributed by atoms with van der Waals surface area (Å²) in [4.78, 5) is 0. The largest absolute Gasteiger partial charge is 0.488 e. The van der Waals surface area contributed by atoms with Crippen molar-refractivity contribution in [1.82, 2.24) is 0 Å². The van der Waals surface area contributed by atoms with Crippen molar-refractivity contribution < 1.29 is 14.2 Å². The van der Waals surface area contributed by atoms with Gasteiger partial charge in [-0.1, -0.05) is 17.7 Å². The van der Waals surface area contributed by atoms with E-state index in [0.717, 1.165) is 11.3 Å². The van der Waals surface area contributed by atoms with Crippen molar-refractivity contribution in [2.24, 2.45) is 0 Å². The number of benzene rings is 1. The Hall–Kier alpha value is -1.06. The maximum absolute atomic E-state index is 5.71. The van der Waals surface area contributed by atoms with E-state index in [1.54, 1.807) is 0 Å². The second-order valence-electron chi connectivity index (χ2n) is 3.92. The van der Waals surface area contributed by atoms with E-state index in [4.69, 9.17) is 14.2 Å². The van der Waals surface area contributed by atoms with Crippen molar-refractivity contribution in [2.45, 2.75) is 34.0 Å². The molecule has 1 rings (SSSR count). The van der Waals surface area contributed by atoms with Gasteiger partial charge >= 0.3 is 0 Å². The molecule has 96 valence electrons.